The van der Waals surface area contributed by atoms with Crippen LogP contribution in [-0.2, 0) is 9.47 Å². The van der Waals surface area contributed by atoms with Gasteiger partial charge in [0.25, 0.3) is 0 Å². The van der Waals surface area contributed by atoms with E-state index < -0.39 is 0 Å². The van der Waals surface area contributed by atoms with Gasteiger partial charge in [0.2, 0.25) is 0 Å². The van der Waals surface area contributed by atoms with Crippen LogP contribution in [0, 0.1) is 13.8 Å². The number of unbranched alkanes of at least 4 members (excludes halogenated alkanes) is 3. The number of hydrogen-bond donors (Lipinski definition) is 0. The van der Waals surface area contributed by atoms with Crippen LogP contribution >= 0.6 is 23.5 Å². The van der Waals surface area contributed by atoms with Crippen LogP contribution < -0.4 is 9.80 Å². The highest BCUT2D eigenvalue weighted by Crippen LogP contribution is 2.23. The van der Waals surface area contributed by atoms with Crippen LogP contribution in [0.15, 0.2) is 22.4 Å². The quantitative estimate of drug-likeness (QED) is 0.255. The third-order valence-corrected chi connectivity index (χ3v) is 7.68. The number of rotatable bonds is 11. The normalized spacial score (nSPS) is 16.8. The van der Waals surface area contributed by atoms with Crippen molar-refractivity contribution < 1.29 is 9.47 Å². The summed E-state index contributed by atoms with van der Waals surface area (Å²) in [4.78, 5) is 23.4. The zero-order valence-electron chi connectivity index (χ0n) is 20.4. The van der Waals surface area contributed by atoms with Gasteiger partial charge in [-0.3, -0.25) is 0 Å². The van der Waals surface area contributed by atoms with Crippen molar-refractivity contribution in [3.05, 3.63) is 23.5 Å². The molecular weight excluding hydrogens is 468 g/mol. The second-order valence-corrected chi connectivity index (χ2v) is 10.7. The summed E-state index contributed by atoms with van der Waals surface area (Å²) in [7, 11) is 0. The molecule has 0 atom stereocenters. The van der Waals surface area contributed by atoms with Gasteiger partial charge in [0.05, 0.1) is 26.4 Å². The van der Waals surface area contributed by atoms with Crippen molar-refractivity contribution in [2.75, 3.05) is 73.9 Å². The molecule has 186 valence electrons. The van der Waals surface area contributed by atoms with E-state index in [4.69, 9.17) is 19.4 Å². The molecule has 0 saturated carbocycles. The molecule has 0 aromatic carbocycles. The Bertz CT molecular complexity index is 834. The predicted octanol–water partition coefficient (Wildman–Crippen LogP) is 4.00. The lowest BCUT2D eigenvalue weighted by atomic mass is 10.2. The summed E-state index contributed by atoms with van der Waals surface area (Å²) in [5.41, 5.74) is 2.07. The van der Waals surface area contributed by atoms with Gasteiger partial charge in [-0.15, -0.1) is 0 Å². The van der Waals surface area contributed by atoms with Crippen molar-refractivity contribution in [1.82, 2.24) is 19.9 Å². The largest absolute Gasteiger partial charge is 0.378 e. The average molecular weight is 505 g/mol. The molecule has 0 spiro atoms. The Kier molecular flexibility index (Phi) is 10.1. The lowest BCUT2D eigenvalue weighted by Gasteiger charge is -2.28. The molecule has 2 saturated heterocycles. The van der Waals surface area contributed by atoms with Gasteiger partial charge < -0.3 is 19.3 Å². The molecule has 8 nitrogen and oxygen atoms in total. The maximum Gasteiger partial charge on any atom is 0.189 e. The fourth-order valence-electron chi connectivity index (χ4n) is 3.97. The second-order valence-electron chi connectivity index (χ2n) is 8.61. The number of aromatic nitrogens is 4. The van der Waals surface area contributed by atoms with Crippen LogP contribution in [0.2, 0.25) is 0 Å². The minimum atomic E-state index is 0.773. The molecule has 10 heteroatoms. The van der Waals surface area contributed by atoms with Crippen LogP contribution in [0.3, 0.4) is 0 Å². The van der Waals surface area contributed by atoms with Crippen LogP contribution in [0.1, 0.15) is 37.1 Å². The van der Waals surface area contributed by atoms with Gasteiger partial charge in [0.15, 0.2) is 10.3 Å². The molecule has 34 heavy (non-hydrogen) atoms. The lowest BCUT2D eigenvalue weighted by Crippen LogP contribution is -2.36. The van der Waals surface area contributed by atoms with E-state index in [9.17, 15) is 0 Å². The molecule has 2 aliphatic heterocycles. The number of nitrogens with zero attached hydrogens (tertiary/aromatic N) is 6. The molecule has 0 N–H and O–H groups in total. The smallest absolute Gasteiger partial charge is 0.189 e. The molecule has 0 amide bonds. The van der Waals surface area contributed by atoms with Crippen molar-refractivity contribution in [2.45, 2.75) is 49.8 Å². The monoisotopic (exact) mass is 504 g/mol. The van der Waals surface area contributed by atoms with E-state index in [0.29, 0.717) is 0 Å². The number of ether oxygens (including phenoxy) is 2. The highest BCUT2D eigenvalue weighted by molar-refractivity contribution is 7.99. The second kappa shape index (κ2) is 13.5. The molecule has 4 heterocycles. The van der Waals surface area contributed by atoms with Crippen molar-refractivity contribution in [3.63, 3.8) is 0 Å². The Morgan fingerprint density at radius 2 is 1.06 bits per heavy atom. The maximum atomic E-state index is 5.46. The third kappa shape index (κ3) is 7.96. The van der Waals surface area contributed by atoms with E-state index >= 15 is 0 Å². The zero-order valence-corrected chi connectivity index (χ0v) is 22.0. The fourth-order valence-corrected chi connectivity index (χ4v) is 5.77. The molecular formula is C24H36N6O2S2. The predicted molar refractivity (Wildman–Crippen MR) is 140 cm³/mol. The Morgan fingerprint density at radius 3 is 1.47 bits per heavy atom. The van der Waals surface area contributed by atoms with E-state index in [-0.39, 0.29) is 0 Å². The summed E-state index contributed by atoms with van der Waals surface area (Å²) >= 11 is 3.54. The van der Waals surface area contributed by atoms with Crippen LogP contribution in [0.5, 0.6) is 0 Å². The first-order chi connectivity index (χ1) is 16.7. The van der Waals surface area contributed by atoms with Crippen molar-refractivity contribution in [1.29, 1.82) is 0 Å². The Balaban J connectivity index is 1.13. The fraction of sp³-hybridized carbons (Fsp3) is 0.667. The lowest BCUT2D eigenvalue weighted by molar-refractivity contribution is 0.122. The van der Waals surface area contributed by atoms with Gasteiger partial charge in [-0.05, 0) is 26.7 Å². The first kappa shape index (κ1) is 25.5. The Morgan fingerprint density at radius 1 is 0.647 bits per heavy atom. The van der Waals surface area contributed by atoms with E-state index in [0.717, 1.165) is 97.4 Å². The molecule has 2 aromatic heterocycles. The zero-order chi connectivity index (χ0) is 23.6. The Hall–Kier alpha value is -1.62. The topological polar surface area (TPSA) is 76.5 Å². The molecule has 0 bridgehead atoms. The van der Waals surface area contributed by atoms with E-state index in [1.807, 2.05) is 0 Å². The molecule has 0 aliphatic carbocycles. The highest BCUT2D eigenvalue weighted by atomic mass is 32.2. The third-order valence-electron chi connectivity index (χ3n) is 5.81. The average Bonchev–Trinajstić information content (AvgIpc) is 2.86. The summed E-state index contributed by atoms with van der Waals surface area (Å²) in [5, 5.41) is 1.79. The van der Waals surface area contributed by atoms with Gasteiger partial charge in [0, 0.05) is 61.2 Å². The summed E-state index contributed by atoms with van der Waals surface area (Å²) in [6.07, 6.45) is 4.82. The number of anilines is 2. The SMILES string of the molecule is Cc1cc(N2CCOCC2)nc(SCCCCCCSc2nc(C)cc(N3CCOCC3)n2)n1. The van der Waals surface area contributed by atoms with Crippen LogP contribution in [0.4, 0.5) is 11.6 Å². The highest BCUT2D eigenvalue weighted by Gasteiger charge is 2.15. The minimum Gasteiger partial charge on any atom is -0.378 e. The Labute approximate surface area is 211 Å². The molecule has 0 unspecified atom stereocenters. The van der Waals surface area contributed by atoms with Gasteiger partial charge in [-0.25, -0.2) is 19.9 Å². The number of thioether (sulfide) groups is 2. The number of aryl methyl sites for hydroxylation is 2. The standard InChI is InChI=1S/C24H36N6O2S2/c1-19-17-21(29-7-11-31-12-8-29)27-23(25-19)33-15-5-3-4-6-16-34-24-26-20(2)18-22(28-24)30-9-13-32-14-10-30/h17-18H,3-16H2,1-2H3. The number of morpholine rings is 2. The molecule has 2 fully saturated rings. The van der Waals surface area contributed by atoms with E-state index in [2.05, 4.69) is 45.7 Å². The van der Waals surface area contributed by atoms with Gasteiger partial charge in [0.1, 0.15) is 11.6 Å². The number of hydrogen-bond acceptors (Lipinski definition) is 10. The first-order valence-corrected chi connectivity index (χ1v) is 14.3. The van der Waals surface area contributed by atoms with Gasteiger partial charge in [-0.1, -0.05) is 36.4 Å². The molecule has 0 radical (unpaired) electrons. The molecule has 2 aromatic rings. The molecule has 2 aliphatic rings. The first-order valence-electron chi connectivity index (χ1n) is 12.3. The van der Waals surface area contributed by atoms with Gasteiger partial charge >= 0.3 is 0 Å². The van der Waals surface area contributed by atoms with Crippen LogP contribution in [-0.4, -0.2) is 84.0 Å². The summed E-state index contributed by atoms with van der Waals surface area (Å²) in [6, 6.07) is 4.16. The van der Waals surface area contributed by atoms with Crippen LogP contribution in [0.25, 0.3) is 0 Å². The van der Waals surface area contributed by atoms with Crippen molar-refractivity contribution in [3.8, 4) is 0 Å². The van der Waals surface area contributed by atoms with E-state index in [1.165, 1.54) is 25.7 Å². The summed E-state index contributed by atoms with van der Waals surface area (Å²) in [5.74, 6) is 4.18. The maximum absolute atomic E-state index is 5.46. The summed E-state index contributed by atoms with van der Waals surface area (Å²) < 4.78 is 10.9. The minimum absolute atomic E-state index is 0.773. The van der Waals surface area contributed by atoms with Crippen molar-refractivity contribution in [2.24, 2.45) is 0 Å². The van der Waals surface area contributed by atoms with E-state index in [1.54, 1.807) is 23.5 Å². The molecule has 4 rings (SSSR count). The summed E-state index contributed by atoms with van der Waals surface area (Å²) in [6.45, 7) is 10.8. The van der Waals surface area contributed by atoms with Gasteiger partial charge in [-0.2, -0.15) is 0 Å². The van der Waals surface area contributed by atoms with Crippen molar-refractivity contribution >= 4 is 35.2 Å².